The summed E-state index contributed by atoms with van der Waals surface area (Å²) in [6.45, 7) is 0. The monoisotopic (exact) mass is 610 g/mol. The highest BCUT2D eigenvalue weighted by Gasteiger charge is 2.18. The van der Waals surface area contributed by atoms with Gasteiger partial charge in [-0.2, -0.15) is 10.5 Å². The number of fused-ring (bicyclic) bond motifs is 6. The first-order valence-electron chi connectivity index (χ1n) is 15.9. The van der Waals surface area contributed by atoms with Gasteiger partial charge in [0.05, 0.1) is 51.0 Å². The van der Waals surface area contributed by atoms with E-state index in [1.807, 2.05) is 36.4 Å². The molecule has 2 heterocycles. The minimum atomic E-state index is 0.591. The van der Waals surface area contributed by atoms with E-state index in [0.29, 0.717) is 11.1 Å². The second-order valence-electron chi connectivity index (χ2n) is 12.0. The number of nitriles is 2. The third-order valence-electron chi connectivity index (χ3n) is 9.39. The van der Waals surface area contributed by atoms with Gasteiger partial charge in [0.25, 0.3) is 0 Å². The summed E-state index contributed by atoms with van der Waals surface area (Å²) >= 11 is 0. The van der Waals surface area contributed by atoms with Crippen molar-refractivity contribution in [3.05, 3.63) is 169 Å². The second kappa shape index (κ2) is 10.9. The quantitative estimate of drug-likeness (QED) is 0.199. The average molecular weight is 611 g/mol. The molecule has 0 aliphatic rings. The normalized spacial score (nSPS) is 11.3. The molecule has 7 aromatic carbocycles. The number of rotatable bonds is 4. The van der Waals surface area contributed by atoms with E-state index in [2.05, 4.69) is 143 Å². The molecule has 0 aliphatic heterocycles. The van der Waals surface area contributed by atoms with Crippen LogP contribution in [0.3, 0.4) is 0 Å². The van der Waals surface area contributed by atoms with Crippen molar-refractivity contribution >= 4 is 43.6 Å². The summed E-state index contributed by atoms with van der Waals surface area (Å²) in [6.07, 6.45) is 0. The zero-order valence-corrected chi connectivity index (χ0v) is 25.8. The van der Waals surface area contributed by atoms with E-state index in [-0.39, 0.29) is 0 Å². The number of nitrogens with zero attached hydrogens (tertiary/aromatic N) is 4. The van der Waals surface area contributed by atoms with Crippen molar-refractivity contribution in [3.63, 3.8) is 0 Å². The number of hydrogen-bond acceptors (Lipinski definition) is 2. The minimum Gasteiger partial charge on any atom is -0.309 e. The fourth-order valence-corrected chi connectivity index (χ4v) is 7.28. The van der Waals surface area contributed by atoms with Crippen LogP contribution in [0, 0.1) is 22.7 Å². The van der Waals surface area contributed by atoms with Gasteiger partial charge in [-0.1, -0.05) is 97.1 Å². The second-order valence-corrected chi connectivity index (χ2v) is 12.0. The SMILES string of the molecule is N#Cc1ccc(-n2c3ccccc3c3ccccc32)c(-c2cccc(-c3ccc(-n4c5ccccc5c5ccccc54)cc3C#N)c2)c1. The Hall–Kier alpha value is -6.88. The van der Waals surface area contributed by atoms with Gasteiger partial charge in [0.2, 0.25) is 0 Å². The Labute approximate surface area is 277 Å². The topological polar surface area (TPSA) is 57.4 Å². The van der Waals surface area contributed by atoms with Crippen LogP contribution in [0.25, 0.3) is 77.2 Å². The lowest BCUT2D eigenvalue weighted by atomic mass is 9.94. The first-order chi connectivity index (χ1) is 23.7. The minimum absolute atomic E-state index is 0.591. The standard InChI is InChI=1S/C44H26N4/c45-27-29-20-23-44(48-42-18-7-3-14-37(42)38-15-4-8-19-43(38)48)39(24-29)31-11-9-10-30(25-31)34-22-21-33(26-32(34)28-46)47-40-16-5-1-12-35(40)36-13-2-6-17-41(36)47/h1-26H. The molecule has 0 saturated heterocycles. The number of benzene rings is 7. The molecule has 0 unspecified atom stereocenters. The Morgan fingerprint density at radius 3 is 1.46 bits per heavy atom. The van der Waals surface area contributed by atoms with E-state index in [1.54, 1.807) is 0 Å². The first-order valence-corrected chi connectivity index (χ1v) is 15.9. The van der Waals surface area contributed by atoms with Crippen LogP contribution in [0.5, 0.6) is 0 Å². The Morgan fingerprint density at radius 2 is 0.917 bits per heavy atom. The average Bonchev–Trinajstić information content (AvgIpc) is 3.67. The molecule has 0 fully saturated rings. The molecule has 0 aliphatic carbocycles. The molecular formula is C44H26N4. The summed E-state index contributed by atoms with van der Waals surface area (Å²) in [6, 6.07) is 58.8. The van der Waals surface area contributed by atoms with Gasteiger partial charge in [0.15, 0.2) is 0 Å². The van der Waals surface area contributed by atoms with Crippen molar-refractivity contribution in [1.29, 1.82) is 10.5 Å². The van der Waals surface area contributed by atoms with Gasteiger partial charge < -0.3 is 9.13 Å². The van der Waals surface area contributed by atoms with Crippen LogP contribution < -0.4 is 0 Å². The molecule has 222 valence electrons. The van der Waals surface area contributed by atoms with Crippen molar-refractivity contribution in [3.8, 4) is 45.8 Å². The lowest BCUT2D eigenvalue weighted by molar-refractivity contribution is 1.18. The highest BCUT2D eigenvalue weighted by molar-refractivity contribution is 6.10. The van der Waals surface area contributed by atoms with Crippen LogP contribution in [0.1, 0.15) is 11.1 Å². The molecule has 0 bridgehead atoms. The van der Waals surface area contributed by atoms with Crippen molar-refractivity contribution in [2.75, 3.05) is 0 Å². The third kappa shape index (κ3) is 4.14. The molecule has 0 atom stereocenters. The first kappa shape index (κ1) is 27.4. The summed E-state index contributed by atoms with van der Waals surface area (Å²) in [5.74, 6) is 0. The van der Waals surface area contributed by atoms with E-state index < -0.39 is 0 Å². The highest BCUT2D eigenvalue weighted by Crippen LogP contribution is 2.39. The smallest absolute Gasteiger partial charge is 0.0998 e. The summed E-state index contributed by atoms with van der Waals surface area (Å²) in [5, 5.41) is 25.1. The zero-order chi connectivity index (χ0) is 32.2. The summed E-state index contributed by atoms with van der Waals surface area (Å²) in [4.78, 5) is 0. The zero-order valence-electron chi connectivity index (χ0n) is 25.8. The van der Waals surface area contributed by atoms with Crippen molar-refractivity contribution in [1.82, 2.24) is 9.13 Å². The Morgan fingerprint density at radius 1 is 0.396 bits per heavy atom. The summed E-state index contributed by atoms with van der Waals surface area (Å²) in [7, 11) is 0. The number of hydrogen-bond donors (Lipinski definition) is 0. The van der Waals surface area contributed by atoms with Gasteiger partial charge in [0.1, 0.15) is 0 Å². The Bertz CT molecular complexity index is 2710. The molecule has 0 spiro atoms. The van der Waals surface area contributed by atoms with Crippen LogP contribution in [0.2, 0.25) is 0 Å². The predicted molar refractivity (Wildman–Crippen MR) is 195 cm³/mol. The predicted octanol–water partition coefficient (Wildman–Crippen LogP) is 11.0. The number of aromatic nitrogens is 2. The molecule has 0 saturated carbocycles. The van der Waals surface area contributed by atoms with Gasteiger partial charge in [0, 0.05) is 32.8 Å². The maximum atomic E-state index is 10.5. The molecule has 48 heavy (non-hydrogen) atoms. The van der Waals surface area contributed by atoms with Crippen LogP contribution >= 0.6 is 0 Å². The lowest BCUT2D eigenvalue weighted by Crippen LogP contribution is -1.98. The van der Waals surface area contributed by atoms with E-state index in [1.165, 1.54) is 21.5 Å². The fraction of sp³-hybridized carbons (Fsp3) is 0. The van der Waals surface area contributed by atoms with Gasteiger partial charge in [-0.05, 0) is 77.4 Å². The van der Waals surface area contributed by atoms with Crippen molar-refractivity contribution < 1.29 is 0 Å². The third-order valence-corrected chi connectivity index (χ3v) is 9.39. The van der Waals surface area contributed by atoms with E-state index >= 15 is 0 Å². The molecule has 0 amide bonds. The van der Waals surface area contributed by atoms with Crippen LogP contribution in [-0.4, -0.2) is 9.13 Å². The summed E-state index contributed by atoms with van der Waals surface area (Å²) in [5.41, 5.74) is 11.3. The van der Waals surface area contributed by atoms with Gasteiger partial charge in [-0.3, -0.25) is 0 Å². The van der Waals surface area contributed by atoms with Gasteiger partial charge >= 0.3 is 0 Å². The summed E-state index contributed by atoms with van der Waals surface area (Å²) < 4.78 is 4.52. The lowest BCUT2D eigenvalue weighted by Gasteiger charge is -2.16. The molecule has 0 radical (unpaired) electrons. The molecule has 0 N–H and O–H groups in total. The van der Waals surface area contributed by atoms with Crippen molar-refractivity contribution in [2.45, 2.75) is 0 Å². The molecule has 4 nitrogen and oxygen atoms in total. The molecule has 9 rings (SSSR count). The number of para-hydroxylation sites is 4. The maximum absolute atomic E-state index is 10.5. The van der Waals surface area contributed by atoms with E-state index in [4.69, 9.17) is 0 Å². The Kier molecular flexibility index (Phi) is 6.22. The van der Waals surface area contributed by atoms with Crippen LogP contribution in [0.4, 0.5) is 0 Å². The van der Waals surface area contributed by atoms with E-state index in [0.717, 1.165) is 55.7 Å². The van der Waals surface area contributed by atoms with Crippen LogP contribution in [0.15, 0.2) is 158 Å². The molecular weight excluding hydrogens is 585 g/mol. The molecule has 4 heteroatoms. The maximum Gasteiger partial charge on any atom is 0.0998 e. The van der Waals surface area contributed by atoms with Gasteiger partial charge in [-0.25, -0.2) is 0 Å². The van der Waals surface area contributed by atoms with Crippen molar-refractivity contribution in [2.24, 2.45) is 0 Å². The van der Waals surface area contributed by atoms with Gasteiger partial charge in [-0.15, -0.1) is 0 Å². The molecule has 9 aromatic rings. The molecule has 2 aromatic heterocycles. The van der Waals surface area contributed by atoms with Crippen LogP contribution in [-0.2, 0) is 0 Å². The fourth-order valence-electron chi connectivity index (χ4n) is 7.28. The Balaban J connectivity index is 1.21. The highest BCUT2D eigenvalue weighted by atomic mass is 15.0. The largest absolute Gasteiger partial charge is 0.309 e. The van der Waals surface area contributed by atoms with E-state index in [9.17, 15) is 10.5 Å².